The topological polar surface area (TPSA) is 83.0 Å². The predicted octanol–water partition coefficient (Wildman–Crippen LogP) is 3.62. The number of urea groups is 1. The van der Waals surface area contributed by atoms with Crippen molar-refractivity contribution in [2.45, 2.75) is 32.7 Å². The number of nitrogens with one attached hydrogen (secondary N) is 2. The van der Waals surface area contributed by atoms with Crippen molar-refractivity contribution in [2.24, 2.45) is 5.92 Å². The summed E-state index contributed by atoms with van der Waals surface area (Å²) in [5, 5.41) is 7.08. The summed E-state index contributed by atoms with van der Waals surface area (Å²) in [6, 6.07) is 12.1. The van der Waals surface area contributed by atoms with Crippen molar-refractivity contribution in [1.29, 1.82) is 0 Å². The maximum absolute atomic E-state index is 12.1. The van der Waals surface area contributed by atoms with Gasteiger partial charge in [-0.15, -0.1) is 0 Å². The van der Waals surface area contributed by atoms with E-state index in [9.17, 15) is 4.79 Å². The maximum Gasteiger partial charge on any atom is 0.315 e. The fourth-order valence-corrected chi connectivity index (χ4v) is 3.69. The van der Waals surface area contributed by atoms with Crippen LogP contribution in [0.25, 0.3) is 22.3 Å². The van der Waals surface area contributed by atoms with Crippen LogP contribution in [0, 0.1) is 5.92 Å². The van der Waals surface area contributed by atoms with Crippen LogP contribution in [0.15, 0.2) is 48.8 Å². The van der Waals surface area contributed by atoms with Crippen LogP contribution in [0.1, 0.15) is 26.7 Å². The van der Waals surface area contributed by atoms with Crippen LogP contribution >= 0.6 is 0 Å². The minimum absolute atomic E-state index is 0.0755. The number of para-hydroxylation sites is 1. The third-order valence-corrected chi connectivity index (χ3v) is 5.30. The number of pyridine rings is 1. The van der Waals surface area contributed by atoms with Gasteiger partial charge in [-0.05, 0) is 43.0 Å². The minimum atomic E-state index is -0.0755. The van der Waals surface area contributed by atoms with E-state index in [-0.39, 0.29) is 12.1 Å². The smallest absolute Gasteiger partial charge is 0.315 e. The minimum Gasteiger partial charge on any atom is -0.356 e. The molecule has 3 heterocycles. The largest absolute Gasteiger partial charge is 0.356 e. The highest BCUT2D eigenvalue weighted by Gasteiger charge is 2.23. The molecule has 0 spiro atoms. The third kappa shape index (κ3) is 4.67. The Kier molecular flexibility index (Phi) is 6.07. The number of nitrogens with zero attached hydrogens (tertiary/aromatic N) is 4. The molecule has 0 radical (unpaired) electrons. The zero-order valence-electron chi connectivity index (χ0n) is 17.5. The van der Waals surface area contributed by atoms with Crippen molar-refractivity contribution < 1.29 is 4.79 Å². The lowest BCUT2D eigenvalue weighted by Crippen LogP contribution is -2.48. The SMILES string of the molecule is CC(C)CNC(=O)NC1CCN(c2nc(-c3cccnc3)nc3ccccc23)CC1. The lowest BCUT2D eigenvalue weighted by molar-refractivity contribution is 0.233. The lowest BCUT2D eigenvalue weighted by atomic mass is 10.0. The van der Waals surface area contributed by atoms with E-state index in [4.69, 9.17) is 9.97 Å². The lowest BCUT2D eigenvalue weighted by Gasteiger charge is -2.34. The molecule has 0 unspecified atom stereocenters. The number of carbonyl (C=O) groups is 1. The molecule has 30 heavy (non-hydrogen) atoms. The summed E-state index contributed by atoms with van der Waals surface area (Å²) in [4.78, 5) is 28.2. The van der Waals surface area contributed by atoms with E-state index in [1.54, 1.807) is 12.4 Å². The molecule has 0 atom stereocenters. The monoisotopic (exact) mass is 404 g/mol. The van der Waals surface area contributed by atoms with Crippen molar-refractivity contribution in [3.05, 3.63) is 48.8 Å². The first kappa shape index (κ1) is 20.1. The van der Waals surface area contributed by atoms with Gasteiger partial charge < -0.3 is 15.5 Å². The van der Waals surface area contributed by atoms with E-state index in [2.05, 4.69) is 40.4 Å². The van der Waals surface area contributed by atoms with Gasteiger partial charge in [-0.1, -0.05) is 26.0 Å². The number of carbonyl (C=O) groups excluding carboxylic acids is 1. The van der Waals surface area contributed by atoms with Crippen molar-refractivity contribution in [2.75, 3.05) is 24.5 Å². The van der Waals surface area contributed by atoms with Gasteiger partial charge in [0, 0.05) is 49.0 Å². The van der Waals surface area contributed by atoms with E-state index < -0.39 is 0 Å². The summed E-state index contributed by atoms with van der Waals surface area (Å²) in [7, 11) is 0. The first-order valence-electron chi connectivity index (χ1n) is 10.6. The van der Waals surface area contributed by atoms with Crippen LogP contribution in [0.3, 0.4) is 0 Å². The van der Waals surface area contributed by atoms with Crippen LogP contribution in [0.4, 0.5) is 10.6 Å². The fourth-order valence-electron chi connectivity index (χ4n) is 3.69. The van der Waals surface area contributed by atoms with Crippen LogP contribution in [0.2, 0.25) is 0 Å². The summed E-state index contributed by atoms with van der Waals surface area (Å²) in [6.45, 7) is 6.54. The molecule has 2 aromatic heterocycles. The summed E-state index contributed by atoms with van der Waals surface area (Å²) >= 11 is 0. The number of amides is 2. The summed E-state index contributed by atoms with van der Waals surface area (Å²) in [5.74, 6) is 2.07. The van der Waals surface area contributed by atoms with Gasteiger partial charge in [0.05, 0.1) is 5.52 Å². The molecular weight excluding hydrogens is 376 g/mol. The highest BCUT2D eigenvalue weighted by atomic mass is 16.2. The second-order valence-corrected chi connectivity index (χ2v) is 8.14. The van der Waals surface area contributed by atoms with E-state index in [1.807, 2.05) is 30.3 Å². The highest BCUT2D eigenvalue weighted by Crippen LogP contribution is 2.29. The molecule has 2 amide bonds. The molecule has 4 rings (SSSR count). The zero-order chi connectivity index (χ0) is 20.9. The predicted molar refractivity (Wildman–Crippen MR) is 119 cm³/mol. The Hall–Kier alpha value is -3.22. The van der Waals surface area contributed by atoms with Crippen molar-refractivity contribution >= 4 is 22.8 Å². The van der Waals surface area contributed by atoms with Crippen molar-refractivity contribution in [3.8, 4) is 11.4 Å². The Morgan fingerprint density at radius 3 is 2.67 bits per heavy atom. The molecule has 1 saturated heterocycles. The van der Waals surface area contributed by atoms with E-state index in [0.29, 0.717) is 18.3 Å². The van der Waals surface area contributed by atoms with E-state index in [1.165, 1.54) is 0 Å². The summed E-state index contributed by atoms with van der Waals surface area (Å²) < 4.78 is 0. The van der Waals surface area contributed by atoms with Crippen LogP contribution < -0.4 is 15.5 Å². The molecule has 0 bridgehead atoms. The van der Waals surface area contributed by atoms with Crippen molar-refractivity contribution in [3.63, 3.8) is 0 Å². The zero-order valence-corrected chi connectivity index (χ0v) is 17.5. The molecule has 1 aliphatic heterocycles. The molecule has 156 valence electrons. The van der Waals surface area contributed by atoms with Gasteiger partial charge in [0.1, 0.15) is 5.82 Å². The Balaban J connectivity index is 1.51. The molecule has 3 aromatic rings. The number of piperidine rings is 1. The first-order valence-corrected chi connectivity index (χ1v) is 10.6. The molecule has 7 nitrogen and oxygen atoms in total. The standard InChI is InChI=1S/C23H28N6O/c1-16(2)14-25-23(30)26-18-9-12-29(13-10-18)22-19-7-3-4-8-20(19)27-21(28-22)17-6-5-11-24-15-17/h3-8,11,15-16,18H,9-10,12-14H2,1-2H3,(H2,25,26,30). The van der Waals surface area contributed by atoms with Gasteiger partial charge in [-0.2, -0.15) is 0 Å². The molecule has 0 saturated carbocycles. The average molecular weight is 405 g/mol. The average Bonchev–Trinajstić information content (AvgIpc) is 2.78. The first-order chi connectivity index (χ1) is 14.6. The Morgan fingerprint density at radius 1 is 1.13 bits per heavy atom. The second-order valence-electron chi connectivity index (χ2n) is 8.14. The van der Waals surface area contributed by atoms with Gasteiger partial charge in [0.2, 0.25) is 0 Å². The molecule has 1 fully saturated rings. The summed E-state index contributed by atoms with van der Waals surface area (Å²) in [5.41, 5.74) is 1.83. The normalized spacial score (nSPS) is 14.8. The van der Waals surface area contributed by atoms with Gasteiger partial charge in [-0.25, -0.2) is 14.8 Å². The maximum atomic E-state index is 12.1. The van der Waals surface area contributed by atoms with E-state index >= 15 is 0 Å². The molecule has 7 heteroatoms. The second kappa shape index (κ2) is 9.07. The van der Waals surface area contributed by atoms with Gasteiger partial charge in [0.15, 0.2) is 5.82 Å². The van der Waals surface area contributed by atoms with Crippen LogP contribution in [-0.4, -0.2) is 46.7 Å². The van der Waals surface area contributed by atoms with Crippen LogP contribution in [0.5, 0.6) is 0 Å². The number of aromatic nitrogens is 3. The quantitative estimate of drug-likeness (QED) is 0.679. The molecule has 1 aliphatic rings. The molecule has 2 N–H and O–H groups in total. The third-order valence-electron chi connectivity index (χ3n) is 5.30. The number of fused-ring (bicyclic) bond motifs is 1. The van der Waals surface area contributed by atoms with Crippen molar-refractivity contribution in [1.82, 2.24) is 25.6 Å². The number of hydrogen-bond donors (Lipinski definition) is 2. The molecule has 0 aliphatic carbocycles. The van der Waals surface area contributed by atoms with Crippen LogP contribution in [-0.2, 0) is 0 Å². The number of hydrogen-bond acceptors (Lipinski definition) is 5. The Morgan fingerprint density at radius 2 is 1.93 bits per heavy atom. The summed E-state index contributed by atoms with van der Waals surface area (Å²) in [6.07, 6.45) is 5.31. The molecular formula is C23H28N6O. The van der Waals surface area contributed by atoms with E-state index in [0.717, 1.165) is 48.2 Å². The number of rotatable bonds is 5. The fraction of sp³-hybridized carbons (Fsp3) is 0.391. The highest BCUT2D eigenvalue weighted by molar-refractivity contribution is 5.91. The van der Waals surface area contributed by atoms with Gasteiger partial charge in [-0.3, -0.25) is 4.98 Å². The Bertz CT molecular complexity index is 999. The Labute approximate surface area is 176 Å². The van der Waals surface area contributed by atoms with Gasteiger partial charge in [0.25, 0.3) is 0 Å². The molecule has 1 aromatic carbocycles. The number of benzene rings is 1. The number of anilines is 1. The van der Waals surface area contributed by atoms with Gasteiger partial charge >= 0.3 is 6.03 Å².